The second-order valence-corrected chi connectivity index (χ2v) is 6.92. The van der Waals surface area contributed by atoms with Crippen LogP contribution in [0.5, 0.6) is 0 Å². The van der Waals surface area contributed by atoms with Crippen molar-refractivity contribution in [2.24, 2.45) is 0 Å². The van der Waals surface area contributed by atoms with E-state index in [9.17, 15) is 13.2 Å². The zero-order chi connectivity index (χ0) is 14.8. The van der Waals surface area contributed by atoms with Gasteiger partial charge < -0.3 is 11.1 Å². The summed E-state index contributed by atoms with van der Waals surface area (Å²) < 4.78 is 26.1. The molecule has 2 amide bonds. The summed E-state index contributed by atoms with van der Waals surface area (Å²) in [6, 6.07) is 1.59. The highest BCUT2D eigenvalue weighted by Crippen LogP contribution is 2.31. The maximum Gasteiger partial charge on any atom is 0.328 e. The highest BCUT2D eigenvalue weighted by Gasteiger charge is 2.22. The molecular formula is C10H13BrClN3O3S. The molecule has 0 aromatic heterocycles. The summed E-state index contributed by atoms with van der Waals surface area (Å²) >= 11 is 8.81. The van der Waals surface area contributed by atoms with Crippen LogP contribution in [0, 0.1) is 0 Å². The minimum atomic E-state index is -4.05. The molecule has 0 aliphatic rings. The van der Waals surface area contributed by atoms with Crippen molar-refractivity contribution >= 4 is 49.3 Å². The number of sulfonamides is 1. The zero-order valence-electron chi connectivity index (χ0n) is 10.2. The monoisotopic (exact) mass is 369 g/mol. The highest BCUT2D eigenvalue weighted by molar-refractivity contribution is 9.10. The smallest absolute Gasteiger partial charge is 0.328 e. The molecule has 106 valence electrons. The van der Waals surface area contributed by atoms with Crippen LogP contribution in [0.1, 0.15) is 13.8 Å². The number of nitrogens with two attached hydrogens (primary N) is 1. The van der Waals surface area contributed by atoms with Crippen LogP contribution < -0.4 is 15.8 Å². The van der Waals surface area contributed by atoms with Gasteiger partial charge in [0.25, 0.3) is 10.0 Å². The van der Waals surface area contributed by atoms with Crippen LogP contribution in [0.4, 0.5) is 10.5 Å². The molecule has 1 aromatic rings. The van der Waals surface area contributed by atoms with Crippen molar-refractivity contribution in [3.05, 3.63) is 21.6 Å². The number of rotatable bonds is 3. The summed E-state index contributed by atoms with van der Waals surface area (Å²) in [6.07, 6.45) is 0. The molecule has 0 saturated carbocycles. The Morgan fingerprint density at radius 3 is 2.53 bits per heavy atom. The number of nitrogens with one attached hydrogen (secondary N) is 2. The summed E-state index contributed by atoms with van der Waals surface area (Å²) in [6.45, 7) is 3.42. The van der Waals surface area contributed by atoms with Gasteiger partial charge in [-0.05, 0) is 41.9 Å². The fourth-order valence-corrected chi connectivity index (χ4v) is 3.46. The SMILES string of the molecule is CC(C)NC(=O)NS(=O)(=O)c1cc(Cl)cc(N)c1Br. The minimum absolute atomic E-state index is 0.154. The summed E-state index contributed by atoms with van der Waals surface area (Å²) in [5.74, 6) is 0. The molecule has 0 aliphatic heterocycles. The Morgan fingerprint density at radius 2 is 2.00 bits per heavy atom. The molecule has 1 aromatic carbocycles. The van der Waals surface area contributed by atoms with Crippen molar-refractivity contribution in [3.63, 3.8) is 0 Å². The Bertz CT molecular complexity index is 604. The van der Waals surface area contributed by atoms with E-state index in [1.54, 1.807) is 13.8 Å². The lowest BCUT2D eigenvalue weighted by molar-refractivity contribution is 0.243. The lowest BCUT2D eigenvalue weighted by Crippen LogP contribution is -2.42. The first kappa shape index (κ1) is 16.1. The van der Waals surface area contributed by atoms with Gasteiger partial charge in [0.05, 0.1) is 4.47 Å². The summed E-state index contributed by atoms with van der Waals surface area (Å²) in [7, 11) is -4.05. The minimum Gasteiger partial charge on any atom is -0.398 e. The molecule has 4 N–H and O–H groups in total. The van der Waals surface area contributed by atoms with Crippen molar-refractivity contribution in [2.75, 3.05) is 5.73 Å². The number of urea groups is 1. The number of halogens is 2. The van der Waals surface area contributed by atoms with Gasteiger partial charge in [-0.1, -0.05) is 11.6 Å². The second kappa shape index (κ2) is 5.98. The molecule has 1 rings (SSSR count). The molecule has 0 spiro atoms. The van der Waals surface area contributed by atoms with E-state index in [0.29, 0.717) is 0 Å². The van der Waals surface area contributed by atoms with Crippen LogP contribution in [-0.4, -0.2) is 20.5 Å². The third-order valence-corrected chi connectivity index (χ3v) is 4.69. The first-order chi connectivity index (χ1) is 8.63. The number of hydrogen-bond donors (Lipinski definition) is 3. The van der Waals surface area contributed by atoms with Gasteiger partial charge in [-0.2, -0.15) is 0 Å². The topological polar surface area (TPSA) is 101 Å². The van der Waals surface area contributed by atoms with E-state index in [-0.39, 0.29) is 26.1 Å². The van der Waals surface area contributed by atoms with Crippen LogP contribution >= 0.6 is 27.5 Å². The Kier molecular flexibility index (Phi) is 5.05. The van der Waals surface area contributed by atoms with Gasteiger partial charge in [0.2, 0.25) is 0 Å². The summed E-state index contributed by atoms with van der Waals surface area (Å²) in [5, 5.41) is 2.57. The van der Waals surface area contributed by atoms with Gasteiger partial charge in [-0.25, -0.2) is 17.9 Å². The van der Waals surface area contributed by atoms with Crippen molar-refractivity contribution in [2.45, 2.75) is 24.8 Å². The third-order valence-electron chi connectivity index (χ3n) is 1.97. The number of anilines is 1. The number of amides is 2. The molecule has 6 nitrogen and oxygen atoms in total. The quantitative estimate of drug-likeness (QED) is 0.709. The average Bonchev–Trinajstić information content (AvgIpc) is 2.20. The first-order valence-electron chi connectivity index (χ1n) is 5.21. The van der Waals surface area contributed by atoms with E-state index in [1.165, 1.54) is 12.1 Å². The standard InChI is InChI=1S/C10H13BrClN3O3S/c1-5(2)14-10(16)15-19(17,18)8-4-6(12)3-7(13)9(8)11/h3-5H,13H2,1-2H3,(H2,14,15,16). The van der Waals surface area contributed by atoms with Crippen molar-refractivity contribution in [1.82, 2.24) is 10.0 Å². The molecule has 0 atom stereocenters. The van der Waals surface area contributed by atoms with Crippen LogP contribution in [0.2, 0.25) is 5.02 Å². The largest absolute Gasteiger partial charge is 0.398 e. The van der Waals surface area contributed by atoms with E-state index in [4.69, 9.17) is 17.3 Å². The van der Waals surface area contributed by atoms with E-state index >= 15 is 0 Å². The zero-order valence-corrected chi connectivity index (χ0v) is 13.4. The molecule has 0 unspecified atom stereocenters. The van der Waals surface area contributed by atoms with Gasteiger partial charge in [0.1, 0.15) is 4.90 Å². The summed E-state index contributed by atoms with van der Waals surface area (Å²) in [5.41, 5.74) is 5.77. The number of hydrogen-bond acceptors (Lipinski definition) is 4. The molecule has 0 aliphatic carbocycles. The Morgan fingerprint density at radius 1 is 1.42 bits per heavy atom. The van der Waals surface area contributed by atoms with E-state index in [0.717, 1.165) is 0 Å². The number of carbonyl (C=O) groups excluding carboxylic acids is 1. The van der Waals surface area contributed by atoms with Gasteiger partial charge in [0, 0.05) is 16.8 Å². The molecular weight excluding hydrogens is 358 g/mol. The van der Waals surface area contributed by atoms with Crippen LogP contribution in [-0.2, 0) is 10.0 Å². The normalized spacial score (nSPS) is 11.4. The Labute approximate surface area is 124 Å². The van der Waals surface area contributed by atoms with Crippen LogP contribution in [0.3, 0.4) is 0 Å². The highest BCUT2D eigenvalue weighted by atomic mass is 79.9. The molecule has 0 heterocycles. The number of nitrogen functional groups attached to an aromatic ring is 1. The molecule has 9 heteroatoms. The molecule has 0 bridgehead atoms. The van der Waals surface area contributed by atoms with Crippen molar-refractivity contribution in [3.8, 4) is 0 Å². The maximum atomic E-state index is 12.0. The van der Waals surface area contributed by atoms with Crippen LogP contribution in [0.25, 0.3) is 0 Å². The predicted octanol–water partition coefficient (Wildman–Crippen LogP) is 2.08. The molecule has 0 radical (unpaired) electrons. The fourth-order valence-electron chi connectivity index (χ4n) is 1.25. The maximum absolute atomic E-state index is 12.0. The van der Waals surface area contributed by atoms with E-state index in [2.05, 4.69) is 21.2 Å². The van der Waals surface area contributed by atoms with Gasteiger partial charge >= 0.3 is 6.03 Å². The Balaban J connectivity index is 3.11. The predicted molar refractivity (Wildman–Crippen MR) is 77.6 cm³/mol. The fraction of sp³-hybridized carbons (Fsp3) is 0.300. The van der Waals surface area contributed by atoms with Crippen molar-refractivity contribution in [1.29, 1.82) is 0 Å². The van der Waals surface area contributed by atoms with Crippen molar-refractivity contribution < 1.29 is 13.2 Å². The molecule has 0 fully saturated rings. The number of benzene rings is 1. The van der Waals surface area contributed by atoms with Gasteiger partial charge in [-0.15, -0.1) is 0 Å². The molecule has 19 heavy (non-hydrogen) atoms. The average molecular weight is 371 g/mol. The Hall–Kier alpha value is -0.990. The van der Waals surface area contributed by atoms with Gasteiger partial charge in [-0.3, -0.25) is 0 Å². The summed E-state index contributed by atoms with van der Waals surface area (Å²) in [4.78, 5) is 11.2. The van der Waals surface area contributed by atoms with E-state index < -0.39 is 16.1 Å². The van der Waals surface area contributed by atoms with Crippen LogP contribution in [0.15, 0.2) is 21.5 Å². The second-order valence-electron chi connectivity index (χ2n) is 4.04. The third kappa shape index (κ3) is 4.26. The van der Waals surface area contributed by atoms with Gasteiger partial charge in [0.15, 0.2) is 0 Å². The first-order valence-corrected chi connectivity index (χ1v) is 7.86. The lowest BCUT2D eigenvalue weighted by atomic mass is 10.3. The number of carbonyl (C=O) groups is 1. The lowest BCUT2D eigenvalue weighted by Gasteiger charge is -2.12. The molecule has 0 saturated heterocycles. The van der Waals surface area contributed by atoms with E-state index in [1.807, 2.05) is 4.72 Å².